The second kappa shape index (κ2) is 7.37. The van der Waals surface area contributed by atoms with Crippen LogP contribution in [0.4, 0.5) is 0 Å². The molecule has 2 aliphatic heterocycles. The van der Waals surface area contributed by atoms with E-state index in [0.29, 0.717) is 12.6 Å². The van der Waals surface area contributed by atoms with Gasteiger partial charge in [-0.2, -0.15) is 0 Å². The Balaban J connectivity index is 1.64. The third-order valence-corrected chi connectivity index (χ3v) is 5.47. The number of piperidine rings is 1. The normalized spacial score (nSPS) is 24.2. The van der Waals surface area contributed by atoms with Crippen LogP contribution in [0.5, 0.6) is 0 Å². The van der Waals surface area contributed by atoms with Gasteiger partial charge in [-0.3, -0.25) is 9.59 Å². The van der Waals surface area contributed by atoms with Gasteiger partial charge in [0.05, 0.1) is 5.92 Å². The zero-order chi connectivity index (χ0) is 17.1. The first-order valence-electron chi connectivity index (χ1n) is 9.16. The highest BCUT2D eigenvalue weighted by molar-refractivity contribution is 5.81. The molecule has 0 N–H and O–H groups in total. The maximum absolute atomic E-state index is 13.0. The average Bonchev–Trinajstić information content (AvgIpc) is 3.04. The number of likely N-dealkylation sites (tertiary alicyclic amines) is 2. The third kappa shape index (κ3) is 3.80. The summed E-state index contributed by atoms with van der Waals surface area (Å²) in [6.07, 6.45) is 4.96. The van der Waals surface area contributed by atoms with Crippen LogP contribution in [0.2, 0.25) is 0 Å². The summed E-state index contributed by atoms with van der Waals surface area (Å²) in [5.41, 5.74) is 2.57. The molecule has 0 spiro atoms. The highest BCUT2D eigenvalue weighted by Gasteiger charge is 2.35. The number of rotatable bonds is 3. The molecular weight excluding hydrogens is 300 g/mol. The zero-order valence-electron chi connectivity index (χ0n) is 14.8. The smallest absolute Gasteiger partial charge is 0.227 e. The van der Waals surface area contributed by atoms with Gasteiger partial charge in [0, 0.05) is 32.6 Å². The van der Waals surface area contributed by atoms with Crippen molar-refractivity contribution in [2.75, 3.05) is 19.6 Å². The highest BCUT2D eigenvalue weighted by atomic mass is 16.2. The number of aryl methyl sites for hydroxylation is 1. The van der Waals surface area contributed by atoms with Crippen LogP contribution < -0.4 is 0 Å². The van der Waals surface area contributed by atoms with Gasteiger partial charge in [-0.1, -0.05) is 29.8 Å². The maximum atomic E-state index is 13.0. The van der Waals surface area contributed by atoms with Crippen LogP contribution >= 0.6 is 0 Å². The summed E-state index contributed by atoms with van der Waals surface area (Å²) in [6.45, 7) is 5.96. The molecule has 2 amide bonds. The van der Waals surface area contributed by atoms with Crippen LogP contribution in [0.15, 0.2) is 24.3 Å². The summed E-state index contributed by atoms with van der Waals surface area (Å²) >= 11 is 0. The Labute approximate surface area is 144 Å². The molecule has 2 heterocycles. The Hall–Kier alpha value is -1.84. The van der Waals surface area contributed by atoms with Crippen molar-refractivity contribution in [3.05, 3.63) is 35.4 Å². The minimum atomic E-state index is -0.0127. The first-order valence-corrected chi connectivity index (χ1v) is 9.16. The van der Waals surface area contributed by atoms with Crippen molar-refractivity contribution >= 4 is 11.8 Å². The number of hydrogen-bond acceptors (Lipinski definition) is 2. The van der Waals surface area contributed by atoms with E-state index in [1.807, 2.05) is 4.90 Å². The van der Waals surface area contributed by atoms with Gasteiger partial charge in [-0.05, 0) is 44.6 Å². The van der Waals surface area contributed by atoms with Gasteiger partial charge >= 0.3 is 0 Å². The Morgan fingerprint density at radius 3 is 2.50 bits per heavy atom. The number of carbonyl (C=O) groups is 2. The van der Waals surface area contributed by atoms with Gasteiger partial charge in [0.2, 0.25) is 11.8 Å². The second-order valence-corrected chi connectivity index (χ2v) is 7.32. The molecule has 24 heavy (non-hydrogen) atoms. The Morgan fingerprint density at radius 1 is 1.08 bits per heavy atom. The third-order valence-electron chi connectivity index (χ3n) is 5.47. The molecule has 130 valence electrons. The summed E-state index contributed by atoms with van der Waals surface area (Å²) < 4.78 is 0. The monoisotopic (exact) mass is 328 g/mol. The van der Waals surface area contributed by atoms with Crippen LogP contribution in [0.1, 0.15) is 43.7 Å². The molecule has 1 aromatic carbocycles. The predicted octanol–water partition coefficient (Wildman–Crippen LogP) is 2.79. The highest BCUT2D eigenvalue weighted by Crippen LogP contribution is 2.26. The molecule has 2 unspecified atom stereocenters. The van der Waals surface area contributed by atoms with Gasteiger partial charge in [0.15, 0.2) is 0 Å². The first kappa shape index (κ1) is 17.0. The van der Waals surface area contributed by atoms with Crippen molar-refractivity contribution in [2.45, 2.75) is 52.0 Å². The Morgan fingerprint density at radius 2 is 1.79 bits per heavy atom. The lowest BCUT2D eigenvalue weighted by Crippen LogP contribution is -2.47. The largest absolute Gasteiger partial charge is 0.342 e. The van der Waals surface area contributed by atoms with E-state index >= 15 is 0 Å². The van der Waals surface area contributed by atoms with Gasteiger partial charge in [0.1, 0.15) is 0 Å². The topological polar surface area (TPSA) is 40.6 Å². The summed E-state index contributed by atoms with van der Waals surface area (Å²) in [6, 6.07) is 8.95. The van der Waals surface area contributed by atoms with Crippen LogP contribution in [-0.2, 0) is 16.0 Å². The molecule has 2 fully saturated rings. The number of nitrogens with zero attached hydrogens (tertiary/aromatic N) is 2. The van der Waals surface area contributed by atoms with Crippen molar-refractivity contribution < 1.29 is 9.59 Å². The number of amides is 2. The van der Waals surface area contributed by atoms with E-state index in [0.717, 1.165) is 45.2 Å². The fraction of sp³-hybridized carbons (Fsp3) is 0.600. The summed E-state index contributed by atoms with van der Waals surface area (Å²) in [7, 11) is 0. The average molecular weight is 328 g/mol. The van der Waals surface area contributed by atoms with E-state index in [9.17, 15) is 9.59 Å². The van der Waals surface area contributed by atoms with Gasteiger partial charge in [0.25, 0.3) is 0 Å². The molecule has 0 aliphatic carbocycles. The molecule has 0 bridgehead atoms. The second-order valence-electron chi connectivity index (χ2n) is 7.32. The van der Waals surface area contributed by atoms with Gasteiger partial charge in [-0.15, -0.1) is 0 Å². The molecule has 4 nitrogen and oxygen atoms in total. The van der Waals surface area contributed by atoms with Crippen molar-refractivity contribution in [2.24, 2.45) is 5.92 Å². The number of carbonyl (C=O) groups excluding carboxylic acids is 2. The minimum absolute atomic E-state index is 0.0127. The lowest BCUT2D eigenvalue weighted by molar-refractivity contribution is -0.140. The molecule has 0 radical (unpaired) electrons. The summed E-state index contributed by atoms with van der Waals surface area (Å²) in [5.74, 6) is 0.335. The van der Waals surface area contributed by atoms with Gasteiger partial charge < -0.3 is 9.80 Å². The van der Waals surface area contributed by atoms with E-state index < -0.39 is 0 Å². The van der Waals surface area contributed by atoms with E-state index in [-0.39, 0.29) is 17.7 Å². The Kier molecular flexibility index (Phi) is 5.22. The summed E-state index contributed by atoms with van der Waals surface area (Å²) in [4.78, 5) is 28.6. The molecule has 0 aromatic heterocycles. The molecule has 0 saturated carbocycles. The molecule has 3 rings (SSSR count). The molecule has 2 atom stereocenters. The van der Waals surface area contributed by atoms with Crippen molar-refractivity contribution in [1.29, 1.82) is 0 Å². The maximum Gasteiger partial charge on any atom is 0.227 e. The SMILES string of the molecule is CC(=O)N1CCCC(C(=O)N2CCCC2Cc2ccc(C)cc2)C1. The van der Waals surface area contributed by atoms with Crippen LogP contribution in [0.3, 0.4) is 0 Å². The van der Waals surface area contributed by atoms with E-state index in [2.05, 4.69) is 36.1 Å². The molecule has 4 heteroatoms. The first-order chi connectivity index (χ1) is 11.5. The quantitative estimate of drug-likeness (QED) is 0.856. The number of benzene rings is 1. The van der Waals surface area contributed by atoms with Gasteiger partial charge in [-0.25, -0.2) is 0 Å². The minimum Gasteiger partial charge on any atom is -0.342 e. The predicted molar refractivity (Wildman–Crippen MR) is 94.6 cm³/mol. The fourth-order valence-electron chi connectivity index (χ4n) is 4.03. The fourth-order valence-corrected chi connectivity index (χ4v) is 4.03. The lowest BCUT2D eigenvalue weighted by Gasteiger charge is -2.35. The van der Waals surface area contributed by atoms with Crippen molar-refractivity contribution in [3.8, 4) is 0 Å². The van der Waals surface area contributed by atoms with E-state index in [1.165, 1.54) is 11.1 Å². The van der Waals surface area contributed by atoms with E-state index in [1.54, 1.807) is 6.92 Å². The van der Waals surface area contributed by atoms with E-state index in [4.69, 9.17) is 0 Å². The molecule has 2 aliphatic rings. The van der Waals surface area contributed by atoms with Crippen molar-refractivity contribution in [1.82, 2.24) is 9.80 Å². The Bertz CT molecular complexity index is 596. The van der Waals surface area contributed by atoms with Crippen molar-refractivity contribution in [3.63, 3.8) is 0 Å². The summed E-state index contributed by atoms with van der Waals surface area (Å²) in [5, 5.41) is 0. The molecule has 2 saturated heterocycles. The van der Waals surface area contributed by atoms with Crippen LogP contribution in [0, 0.1) is 12.8 Å². The molecule has 1 aromatic rings. The molecular formula is C20H28N2O2. The zero-order valence-corrected chi connectivity index (χ0v) is 14.8. The number of hydrogen-bond donors (Lipinski definition) is 0. The van der Waals surface area contributed by atoms with Crippen LogP contribution in [0.25, 0.3) is 0 Å². The lowest BCUT2D eigenvalue weighted by atomic mass is 9.95. The standard InChI is InChI=1S/C20H28N2O2/c1-15-7-9-17(10-8-15)13-19-6-4-12-22(19)20(24)18-5-3-11-21(14-18)16(2)23/h7-10,18-19H,3-6,11-14H2,1-2H3. The van der Waals surface area contributed by atoms with Crippen LogP contribution in [-0.4, -0.2) is 47.3 Å².